The molecule has 0 saturated carbocycles. The molecular weight excluding hydrogens is 278 g/mol. The highest BCUT2D eigenvalue weighted by molar-refractivity contribution is 5.82. The lowest BCUT2D eigenvalue weighted by Crippen LogP contribution is -1.84. The monoisotopic (exact) mass is 295 g/mol. The second-order valence-electron chi connectivity index (χ2n) is 5.14. The Morgan fingerprint density at radius 3 is 2.17 bits per heavy atom. The van der Waals surface area contributed by atoms with Gasteiger partial charge in [0.15, 0.2) is 0 Å². The molecule has 0 atom stereocenters. The molecule has 0 aromatic heterocycles. The first-order chi connectivity index (χ1) is 11.4. The molecule has 0 amide bonds. The average molecular weight is 295 g/mol. The van der Waals surface area contributed by atoms with Gasteiger partial charge in [0, 0.05) is 18.2 Å². The van der Waals surface area contributed by atoms with Crippen molar-refractivity contribution in [1.82, 2.24) is 0 Å². The van der Waals surface area contributed by atoms with E-state index in [4.69, 9.17) is 0 Å². The van der Waals surface area contributed by atoms with Crippen molar-refractivity contribution in [2.75, 3.05) is 0 Å². The van der Waals surface area contributed by atoms with E-state index < -0.39 is 0 Å². The molecule has 0 saturated heterocycles. The van der Waals surface area contributed by atoms with Gasteiger partial charge in [0.25, 0.3) is 0 Å². The van der Waals surface area contributed by atoms with Crippen LogP contribution in [0.1, 0.15) is 16.7 Å². The van der Waals surface area contributed by atoms with E-state index in [1.165, 1.54) is 0 Å². The average Bonchev–Trinajstić information content (AvgIpc) is 2.63. The van der Waals surface area contributed by atoms with Gasteiger partial charge in [0.1, 0.15) is 0 Å². The van der Waals surface area contributed by atoms with Crippen molar-refractivity contribution < 1.29 is 0 Å². The van der Waals surface area contributed by atoms with E-state index >= 15 is 0 Å². The van der Waals surface area contributed by atoms with Gasteiger partial charge in [0.2, 0.25) is 0 Å². The van der Waals surface area contributed by atoms with Gasteiger partial charge in [-0.05, 0) is 29.3 Å². The molecule has 1 heteroatoms. The molecule has 0 fully saturated rings. The van der Waals surface area contributed by atoms with Crippen molar-refractivity contribution in [2.24, 2.45) is 4.99 Å². The fourth-order valence-corrected chi connectivity index (χ4v) is 2.23. The van der Waals surface area contributed by atoms with Crippen LogP contribution in [0, 0.1) is 11.8 Å². The molecule has 0 radical (unpaired) electrons. The summed E-state index contributed by atoms with van der Waals surface area (Å²) >= 11 is 0. The third kappa shape index (κ3) is 4.43. The van der Waals surface area contributed by atoms with E-state index in [0.717, 1.165) is 22.4 Å². The highest BCUT2D eigenvalue weighted by Crippen LogP contribution is 2.19. The molecule has 0 aliphatic rings. The Morgan fingerprint density at radius 1 is 0.739 bits per heavy atom. The molecule has 0 bridgehead atoms. The van der Waals surface area contributed by atoms with Gasteiger partial charge >= 0.3 is 0 Å². The predicted molar refractivity (Wildman–Crippen MR) is 97.2 cm³/mol. The van der Waals surface area contributed by atoms with E-state index in [0.29, 0.717) is 6.42 Å². The molecule has 0 unspecified atom stereocenters. The van der Waals surface area contributed by atoms with Crippen molar-refractivity contribution in [3.63, 3.8) is 0 Å². The number of rotatable bonds is 3. The summed E-state index contributed by atoms with van der Waals surface area (Å²) in [6.45, 7) is 0. The largest absolute Gasteiger partial charge is 0.256 e. The second-order valence-corrected chi connectivity index (χ2v) is 5.14. The van der Waals surface area contributed by atoms with Gasteiger partial charge in [-0.3, -0.25) is 4.99 Å². The molecular formula is C22H17N. The van der Waals surface area contributed by atoms with Gasteiger partial charge in [-0.1, -0.05) is 78.6 Å². The van der Waals surface area contributed by atoms with Gasteiger partial charge in [-0.15, -0.1) is 0 Å². The van der Waals surface area contributed by atoms with Crippen LogP contribution in [-0.2, 0) is 6.42 Å². The zero-order valence-corrected chi connectivity index (χ0v) is 12.8. The molecule has 0 aliphatic carbocycles. The Labute approximate surface area is 137 Å². The third-order valence-electron chi connectivity index (χ3n) is 3.43. The minimum absolute atomic E-state index is 0.692. The fourth-order valence-electron chi connectivity index (χ4n) is 2.23. The topological polar surface area (TPSA) is 12.4 Å². The molecule has 0 heterocycles. The predicted octanol–water partition coefficient (Wildman–Crippen LogP) is 5.03. The van der Waals surface area contributed by atoms with Crippen LogP contribution in [0.5, 0.6) is 0 Å². The van der Waals surface area contributed by atoms with E-state index in [-0.39, 0.29) is 0 Å². The number of para-hydroxylation sites is 1. The normalized spacial score (nSPS) is 10.3. The van der Waals surface area contributed by atoms with Crippen molar-refractivity contribution in [1.29, 1.82) is 0 Å². The van der Waals surface area contributed by atoms with Crippen molar-refractivity contribution in [3.8, 4) is 11.8 Å². The first-order valence-corrected chi connectivity index (χ1v) is 7.63. The molecule has 3 aromatic carbocycles. The Morgan fingerprint density at radius 2 is 1.39 bits per heavy atom. The molecule has 3 aromatic rings. The highest BCUT2D eigenvalue weighted by atomic mass is 14.7. The molecule has 0 spiro atoms. The first-order valence-electron chi connectivity index (χ1n) is 7.63. The zero-order chi connectivity index (χ0) is 15.7. The summed E-state index contributed by atoms with van der Waals surface area (Å²) in [7, 11) is 0. The summed E-state index contributed by atoms with van der Waals surface area (Å²) in [5, 5.41) is 0. The van der Waals surface area contributed by atoms with Gasteiger partial charge < -0.3 is 0 Å². The van der Waals surface area contributed by atoms with Crippen LogP contribution in [0.15, 0.2) is 89.9 Å². The highest BCUT2D eigenvalue weighted by Gasteiger charge is 1.97. The molecule has 23 heavy (non-hydrogen) atoms. The van der Waals surface area contributed by atoms with Crippen molar-refractivity contribution in [3.05, 3.63) is 102 Å². The summed E-state index contributed by atoms with van der Waals surface area (Å²) in [5.41, 5.74) is 4.25. The molecule has 1 nitrogen and oxygen atoms in total. The minimum atomic E-state index is 0.692. The maximum atomic E-state index is 4.61. The molecule has 0 aliphatic heterocycles. The summed E-state index contributed by atoms with van der Waals surface area (Å²) in [5.74, 6) is 6.42. The number of benzene rings is 3. The molecule has 110 valence electrons. The van der Waals surface area contributed by atoms with E-state index in [9.17, 15) is 0 Å². The van der Waals surface area contributed by atoms with Crippen LogP contribution in [0.4, 0.5) is 5.69 Å². The minimum Gasteiger partial charge on any atom is -0.256 e. The quantitative estimate of drug-likeness (QED) is 0.474. The fraction of sp³-hybridized carbons (Fsp3) is 0.0455. The number of aliphatic imine (C=N–C) groups is 1. The maximum Gasteiger partial charge on any atom is 0.0671 e. The zero-order valence-electron chi connectivity index (χ0n) is 12.8. The van der Waals surface area contributed by atoms with E-state index in [2.05, 4.69) is 22.9 Å². The standard InChI is InChI=1S/C22H17N/c1-3-10-19(11-4-1)14-9-16-21-15-7-8-17-22(21)23-18-20-12-5-2-6-13-20/h1-8,10-13,15,17-18H,16H2. The van der Waals surface area contributed by atoms with Crippen LogP contribution in [0.2, 0.25) is 0 Å². The Kier molecular flexibility index (Phi) is 5.01. The Balaban J connectivity index is 1.76. The second kappa shape index (κ2) is 7.77. The lowest BCUT2D eigenvalue weighted by atomic mass is 10.1. The first kappa shape index (κ1) is 14.8. The number of hydrogen-bond acceptors (Lipinski definition) is 1. The van der Waals surface area contributed by atoms with Crippen molar-refractivity contribution >= 4 is 11.9 Å². The SMILES string of the molecule is C(#Cc1ccccc1)Cc1ccccc1N=Cc1ccccc1. The lowest BCUT2D eigenvalue weighted by Gasteiger charge is -2.01. The molecule has 3 rings (SSSR count). The van der Waals surface area contributed by atoms with Crippen LogP contribution >= 0.6 is 0 Å². The van der Waals surface area contributed by atoms with Gasteiger partial charge in [-0.2, -0.15) is 0 Å². The van der Waals surface area contributed by atoms with Crippen LogP contribution in [-0.4, -0.2) is 6.21 Å². The Bertz CT molecular complexity index is 837. The maximum absolute atomic E-state index is 4.61. The lowest BCUT2D eigenvalue weighted by molar-refractivity contribution is 1.29. The number of hydrogen-bond donors (Lipinski definition) is 0. The van der Waals surface area contributed by atoms with Crippen LogP contribution in [0.3, 0.4) is 0 Å². The van der Waals surface area contributed by atoms with E-state index in [1.807, 2.05) is 85.1 Å². The van der Waals surface area contributed by atoms with Crippen LogP contribution < -0.4 is 0 Å². The molecule has 0 N–H and O–H groups in total. The van der Waals surface area contributed by atoms with Gasteiger partial charge in [0.05, 0.1) is 5.69 Å². The Hall–Kier alpha value is -3.11. The summed E-state index contributed by atoms with van der Waals surface area (Å²) < 4.78 is 0. The summed E-state index contributed by atoms with van der Waals surface area (Å²) in [4.78, 5) is 4.61. The number of nitrogens with zero attached hydrogens (tertiary/aromatic N) is 1. The van der Waals surface area contributed by atoms with Crippen LogP contribution in [0.25, 0.3) is 0 Å². The summed E-state index contributed by atoms with van der Waals surface area (Å²) in [6.07, 6.45) is 2.58. The smallest absolute Gasteiger partial charge is 0.0671 e. The third-order valence-corrected chi connectivity index (χ3v) is 3.43. The van der Waals surface area contributed by atoms with Gasteiger partial charge in [-0.25, -0.2) is 0 Å². The van der Waals surface area contributed by atoms with E-state index in [1.54, 1.807) is 0 Å². The summed E-state index contributed by atoms with van der Waals surface area (Å²) in [6, 6.07) is 28.3. The van der Waals surface area contributed by atoms with Crippen molar-refractivity contribution in [2.45, 2.75) is 6.42 Å².